The molecule has 0 bridgehead atoms. The van der Waals surface area contributed by atoms with Gasteiger partial charge in [0.25, 0.3) is 5.91 Å². The Morgan fingerprint density at radius 2 is 1.79 bits per heavy atom. The van der Waals surface area contributed by atoms with Gasteiger partial charge in [-0.25, -0.2) is 5.48 Å². The van der Waals surface area contributed by atoms with E-state index in [1.54, 1.807) is 6.92 Å². The van der Waals surface area contributed by atoms with E-state index in [1.165, 1.54) is 0 Å². The predicted octanol–water partition coefficient (Wildman–Crippen LogP) is 1.24. The van der Waals surface area contributed by atoms with Crippen molar-refractivity contribution in [3.63, 3.8) is 0 Å². The van der Waals surface area contributed by atoms with E-state index in [-0.39, 0.29) is 23.8 Å². The van der Waals surface area contributed by atoms with Gasteiger partial charge in [0.15, 0.2) is 0 Å². The lowest BCUT2D eigenvalue weighted by atomic mass is 10.4. The first-order valence-corrected chi connectivity index (χ1v) is 4.60. The highest BCUT2D eigenvalue weighted by Crippen LogP contribution is 1.90. The van der Waals surface area contributed by atoms with Gasteiger partial charge in [-0.2, -0.15) is 0 Å². The van der Waals surface area contributed by atoms with Crippen LogP contribution in [-0.2, 0) is 14.5 Å². The molecule has 0 aliphatic rings. The molecule has 0 saturated carbocycles. The third-order valence-electron chi connectivity index (χ3n) is 1.12. The average molecular weight is 202 g/mol. The molecule has 14 heavy (non-hydrogen) atoms. The van der Waals surface area contributed by atoms with Crippen molar-refractivity contribution in [1.29, 1.82) is 0 Å². The summed E-state index contributed by atoms with van der Waals surface area (Å²) < 4.78 is 0. The summed E-state index contributed by atoms with van der Waals surface area (Å²) in [6.45, 7) is 8.86. The number of carbonyl (C=O) groups excluding carboxylic acids is 1. The molecule has 5 heteroatoms. The molecule has 0 rings (SSSR count). The van der Waals surface area contributed by atoms with Crippen LogP contribution in [0, 0.1) is 0 Å². The largest absolute Gasteiger partial charge is 0.393 e. The van der Waals surface area contributed by atoms with Crippen molar-refractivity contribution in [2.75, 3.05) is 0 Å². The Morgan fingerprint density at radius 3 is 2.21 bits per heavy atom. The summed E-state index contributed by atoms with van der Waals surface area (Å²) in [6.07, 6.45) is -0.0958. The number of hydrogen-bond donors (Lipinski definition) is 1. The van der Waals surface area contributed by atoms with E-state index in [2.05, 4.69) is 10.6 Å². The highest BCUT2D eigenvalue weighted by atomic mass is 16.7. The molecule has 82 valence electrons. The first-order valence-electron chi connectivity index (χ1n) is 4.60. The number of carbonyl (C=O) groups is 1. The monoisotopic (exact) mass is 202 g/mol. The quantitative estimate of drug-likeness (QED) is 0.539. The van der Waals surface area contributed by atoms with Gasteiger partial charge in [-0.1, -0.05) is 5.16 Å². The lowest BCUT2D eigenvalue weighted by molar-refractivity contribution is -0.130. The lowest BCUT2D eigenvalue weighted by Crippen LogP contribution is -2.32. The minimum absolute atomic E-state index is 0.0382. The molecule has 0 aliphatic carbocycles. The second-order valence-electron chi connectivity index (χ2n) is 3.43. The molecule has 0 aliphatic heterocycles. The van der Waals surface area contributed by atoms with Crippen LogP contribution >= 0.6 is 0 Å². The molecule has 0 spiro atoms. The van der Waals surface area contributed by atoms with Gasteiger partial charge >= 0.3 is 0 Å². The smallest absolute Gasteiger partial charge is 0.292 e. The summed E-state index contributed by atoms with van der Waals surface area (Å²) >= 11 is 0. The zero-order chi connectivity index (χ0) is 11.1. The molecule has 0 aromatic heterocycles. The van der Waals surface area contributed by atoms with Gasteiger partial charge in [0, 0.05) is 0 Å². The summed E-state index contributed by atoms with van der Waals surface area (Å²) in [7, 11) is 0. The van der Waals surface area contributed by atoms with Gasteiger partial charge in [-0.3, -0.25) is 9.63 Å². The fourth-order valence-electron chi connectivity index (χ4n) is 0.471. The van der Waals surface area contributed by atoms with Crippen LogP contribution in [0.25, 0.3) is 0 Å². The van der Waals surface area contributed by atoms with Crippen LogP contribution in [0.3, 0.4) is 0 Å². The molecule has 0 aromatic carbocycles. The molecule has 0 aromatic rings. The standard InChI is InChI=1S/C9H18N2O3/c1-6(2)13-10-8(5)9(12)11-14-7(3)4/h6-7H,1-5H3,(H,11,12)/b10-8+. The Bertz CT molecular complexity index is 212. The van der Waals surface area contributed by atoms with Gasteiger partial charge in [-0.15, -0.1) is 0 Å². The predicted molar refractivity (Wildman–Crippen MR) is 53.7 cm³/mol. The van der Waals surface area contributed by atoms with Gasteiger partial charge in [0.2, 0.25) is 0 Å². The molecule has 0 radical (unpaired) electrons. The van der Waals surface area contributed by atoms with Gasteiger partial charge < -0.3 is 4.84 Å². The van der Waals surface area contributed by atoms with Crippen molar-refractivity contribution in [3.05, 3.63) is 0 Å². The van der Waals surface area contributed by atoms with E-state index >= 15 is 0 Å². The Hall–Kier alpha value is -1.10. The average Bonchev–Trinajstić information content (AvgIpc) is 2.09. The fraction of sp³-hybridized carbons (Fsp3) is 0.778. The van der Waals surface area contributed by atoms with Crippen LogP contribution in [0.15, 0.2) is 5.16 Å². The molecular weight excluding hydrogens is 184 g/mol. The van der Waals surface area contributed by atoms with Crippen molar-refractivity contribution in [1.82, 2.24) is 5.48 Å². The number of rotatable bonds is 5. The van der Waals surface area contributed by atoms with Crippen LogP contribution in [-0.4, -0.2) is 23.8 Å². The third kappa shape index (κ3) is 6.42. The first-order chi connectivity index (χ1) is 6.43. The summed E-state index contributed by atoms with van der Waals surface area (Å²) in [5.41, 5.74) is 2.49. The normalized spacial score (nSPS) is 12.1. The van der Waals surface area contributed by atoms with Crippen LogP contribution in [0.5, 0.6) is 0 Å². The maximum atomic E-state index is 11.2. The van der Waals surface area contributed by atoms with E-state index in [9.17, 15) is 4.79 Å². The first kappa shape index (κ1) is 12.9. The van der Waals surface area contributed by atoms with Crippen molar-refractivity contribution in [2.24, 2.45) is 5.16 Å². The van der Waals surface area contributed by atoms with E-state index in [0.29, 0.717) is 0 Å². The van der Waals surface area contributed by atoms with Crippen LogP contribution < -0.4 is 5.48 Å². The molecule has 5 nitrogen and oxygen atoms in total. The number of nitrogens with zero attached hydrogens (tertiary/aromatic N) is 1. The second kappa shape index (κ2) is 6.37. The molecule has 0 atom stereocenters. The Labute approximate surface area is 84.4 Å². The molecule has 0 heterocycles. The van der Waals surface area contributed by atoms with Crippen molar-refractivity contribution >= 4 is 11.6 Å². The minimum atomic E-state index is -0.389. The van der Waals surface area contributed by atoms with Crippen LogP contribution in [0.2, 0.25) is 0 Å². The third-order valence-corrected chi connectivity index (χ3v) is 1.12. The lowest BCUT2D eigenvalue weighted by Gasteiger charge is -2.08. The maximum Gasteiger partial charge on any atom is 0.292 e. The Balaban J connectivity index is 3.92. The molecule has 0 unspecified atom stereocenters. The SMILES string of the molecule is C/C(=N\OC(C)C)C(=O)NOC(C)C. The molecule has 1 N–H and O–H groups in total. The summed E-state index contributed by atoms with van der Waals surface area (Å²) in [5.74, 6) is -0.389. The van der Waals surface area contributed by atoms with E-state index in [1.807, 2.05) is 27.7 Å². The van der Waals surface area contributed by atoms with Crippen molar-refractivity contribution < 1.29 is 14.5 Å². The number of hydroxylamine groups is 1. The number of hydrogen-bond acceptors (Lipinski definition) is 4. The zero-order valence-corrected chi connectivity index (χ0v) is 9.33. The molecule has 0 fully saturated rings. The van der Waals surface area contributed by atoms with E-state index < -0.39 is 0 Å². The highest BCUT2D eigenvalue weighted by molar-refractivity contribution is 6.37. The van der Waals surface area contributed by atoms with E-state index in [4.69, 9.17) is 9.68 Å². The summed E-state index contributed by atoms with van der Waals surface area (Å²) in [6, 6.07) is 0. The molecule has 1 amide bonds. The maximum absolute atomic E-state index is 11.2. The van der Waals surface area contributed by atoms with Crippen molar-refractivity contribution in [3.8, 4) is 0 Å². The van der Waals surface area contributed by atoms with Gasteiger partial charge in [0.1, 0.15) is 11.8 Å². The Kier molecular flexibility index (Phi) is 5.87. The van der Waals surface area contributed by atoms with Crippen LogP contribution in [0.1, 0.15) is 34.6 Å². The number of nitrogens with one attached hydrogen (secondary N) is 1. The topological polar surface area (TPSA) is 59.9 Å². The molecule has 0 saturated heterocycles. The van der Waals surface area contributed by atoms with Crippen molar-refractivity contribution in [2.45, 2.75) is 46.8 Å². The second-order valence-corrected chi connectivity index (χ2v) is 3.43. The van der Waals surface area contributed by atoms with E-state index in [0.717, 1.165) is 0 Å². The Morgan fingerprint density at radius 1 is 1.21 bits per heavy atom. The molecular formula is C9H18N2O3. The highest BCUT2D eigenvalue weighted by Gasteiger charge is 2.07. The van der Waals surface area contributed by atoms with Crippen LogP contribution in [0.4, 0.5) is 0 Å². The van der Waals surface area contributed by atoms with Gasteiger partial charge in [0.05, 0.1) is 6.10 Å². The zero-order valence-electron chi connectivity index (χ0n) is 9.33. The number of oxime groups is 1. The number of amides is 1. The van der Waals surface area contributed by atoms with Gasteiger partial charge in [-0.05, 0) is 34.6 Å². The summed E-state index contributed by atoms with van der Waals surface area (Å²) in [4.78, 5) is 21.0. The fourth-order valence-corrected chi connectivity index (χ4v) is 0.471. The summed E-state index contributed by atoms with van der Waals surface area (Å²) in [5, 5.41) is 3.63. The minimum Gasteiger partial charge on any atom is -0.393 e.